The molecule has 28 heavy (non-hydrogen) atoms. The predicted molar refractivity (Wildman–Crippen MR) is 103 cm³/mol. The van der Waals surface area contributed by atoms with Crippen molar-refractivity contribution in [2.45, 2.75) is 19.4 Å². The zero-order valence-electron chi connectivity index (χ0n) is 15.8. The van der Waals surface area contributed by atoms with Gasteiger partial charge in [0.05, 0.1) is 12.0 Å². The van der Waals surface area contributed by atoms with E-state index in [0.29, 0.717) is 43.7 Å². The summed E-state index contributed by atoms with van der Waals surface area (Å²) in [5.41, 5.74) is 2.81. The van der Waals surface area contributed by atoms with Crippen LogP contribution >= 0.6 is 0 Å². The van der Waals surface area contributed by atoms with Crippen LogP contribution in [-0.2, 0) is 4.79 Å². The Hall–Kier alpha value is -2.73. The molecule has 0 radical (unpaired) electrons. The number of hydrogen-bond donors (Lipinski definition) is 1. The molecule has 0 spiro atoms. The highest BCUT2D eigenvalue weighted by molar-refractivity contribution is 5.95. The van der Waals surface area contributed by atoms with E-state index in [4.69, 9.17) is 0 Å². The van der Waals surface area contributed by atoms with Gasteiger partial charge in [0, 0.05) is 31.7 Å². The lowest BCUT2D eigenvalue weighted by Gasteiger charge is -2.35. The Labute approximate surface area is 163 Å². The molecule has 2 aliphatic rings. The van der Waals surface area contributed by atoms with Gasteiger partial charge in [-0.3, -0.25) is 9.59 Å². The first-order valence-electron chi connectivity index (χ1n) is 9.57. The summed E-state index contributed by atoms with van der Waals surface area (Å²) in [5, 5.41) is 9.42. The first-order valence-corrected chi connectivity index (χ1v) is 9.57. The molecule has 0 aromatic heterocycles. The number of carbonyl (C=O) groups excluding carboxylic acids is 2. The molecule has 4 rings (SSSR count). The number of benzene rings is 2. The Morgan fingerprint density at radius 1 is 0.964 bits per heavy atom. The Kier molecular flexibility index (Phi) is 4.89. The minimum atomic E-state index is -0.493. The van der Waals surface area contributed by atoms with Gasteiger partial charge in [-0.1, -0.05) is 24.3 Å². The maximum Gasteiger partial charge on any atom is 0.253 e. The number of aryl methyl sites for hydroxylation is 1. The Morgan fingerprint density at radius 3 is 2.11 bits per heavy atom. The van der Waals surface area contributed by atoms with E-state index in [0.717, 1.165) is 11.1 Å². The normalized spacial score (nSPS) is 21.5. The van der Waals surface area contributed by atoms with Crippen molar-refractivity contribution in [3.05, 3.63) is 59.4 Å². The van der Waals surface area contributed by atoms with Crippen molar-refractivity contribution in [3.63, 3.8) is 0 Å². The zero-order chi connectivity index (χ0) is 19.8. The second kappa shape index (κ2) is 7.36. The third-order valence-corrected chi connectivity index (χ3v) is 5.59. The molecule has 2 fully saturated rings. The molecule has 5 nitrogen and oxygen atoms in total. The summed E-state index contributed by atoms with van der Waals surface area (Å²) in [6, 6.07) is 12.3. The van der Waals surface area contributed by atoms with Crippen molar-refractivity contribution < 1.29 is 19.1 Å². The van der Waals surface area contributed by atoms with Crippen molar-refractivity contribution in [2.24, 2.45) is 5.92 Å². The molecular formula is C22H23FN2O3. The summed E-state index contributed by atoms with van der Waals surface area (Å²) in [7, 11) is 0. The molecule has 2 amide bonds. The minimum Gasteiger partial charge on any atom is -0.392 e. The molecule has 2 unspecified atom stereocenters. The van der Waals surface area contributed by atoms with E-state index in [2.05, 4.69) is 0 Å². The van der Waals surface area contributed by atoms with Crippen LogP contribution < -0.4 is 0 Å². The summed E-state index contributed by atoms with van der Waals surface area (Å²) in [6.07, 6.45) is 0.0579. The summed E-state index contributed by atoms with van der Waals surface area (Å²) in [4.78, 5) is 28.4. The smallest absolute Gasteiger partial charge is 0.253 e. The molecule has 2 aromatic rings. The molecule has 146 valence electrons. The number of aliphatic hydroxyl groups is 1. The number of amides is 2. The fourth-order valence-electron chi connectivity index (χ4n) is 3.57. The lowest BCUT2D eigenvalue weighted by atomic mass is 10.0. The van der Waals surface area contributed by atoms with Crippen molar-refractivity contribution >= 4 is 11.8 Å². The van der Waals surface area contributed by atoms with E-state index in [1.54, 1.807) is 34.9 Å². The molecule has 1 saturated heterocycles. The number of rotatable bonds is 3. The maximum atomic E-state index is 13.8. The van der Waals surface area contributed by atoms with Gasteiger partial charge < -0.3 is 14.9 Å². The van der Waals surface area contributed by atoms with Gasteiger partial charge in [-0.25, -0.2) is 4.39 Å². The molecule has 1 saturated carbocycles. The fraction of sp³-hybridized carbons (Fsp3) is 0.364. The second-order valence-electron chi connectivity index (χ2n) is 7.57. The number of piperazine rings is 1. The van der Waals surface area contributed by atoms with Crippen LogP contribution in [-0.4, -0.2) is 59.0 Å². The quantitative estimate of drug-likeness (QED) is 0.887. The molecule has 0 bridgehead atoms. The van der Waals surface area contributed by atoms with Crippen molar-refractivity contribution in [2.75, 3.05) is 26.2 Å². The van der Waals surface area contributed by atoms with Gasteiger partial charge in [-0.05, 0) is 48.2 Å². The van der Waals surface area contributed by atoms with E-state index in [-0.39, 0.29) is 23.5 Å². The van der Waals surface area contributed by atoms with Crippen molar-refractivity contribution in [1.29, 1.82) is 0 Å². The van der Waals surface area contributed by atoms with E-state index in [1.165, 1.54) is 6.07 Å². The summed E-state index contributed by atoms with van der Waals surface area (Å²) >= 11 is 0. The van der Waals surface area contributed by atoms with Crippen LogP contribution in [0.2, 0.25) is 0 Å². The lowest BCUT2D eigenvalue weighted by Crippen LogP contribution is -2.51. The second-order valence-corrected chi connectivity index (χ2v) is 7.57. The molecule has 1 aliphatic heterocycles. The first-order chi connectivity index (χ1) is 13.4. The average Bonchev–Trinajstić information content (AvgIpc) is 3.46. The Bertz CT molecular complexity index is 904. The first kappa shape index (κ1) is 18.6. The standard InChI is InChI=1S/C22H23FN2O3/c1-14-2-3-17(12-19(14)23)15-4-6-16(7-5-15)21(27)24-8-10-25(11-9-24)22(28)18-13-20(18)26/h2-7,12,18,20,26H,8-11,13H2,1H3. The number of nitrogens with zero attached hydrogens (tertiary/aromatic N) is 2. The highest BCUT2D eigenvalue weighted by Crippen LogP contribution is 2.32. The number of aliphatic hydroxyl groups excluding tert-OH is 1. The van der Waals surface area contributed by atoms with Gasteiger partial charge in [0.15, 0.2) is 0 Å². The van der Waals surface area contributed by atoms with Gasteiger partial charge in [0.25, 0.3) is 5.91 Å². The van der Waals surface area contributed by atoms with Gasteiger partial charge in [0.1, 0.15) is 5.82 Å². The highest BCUT2D eigenvalue weighted by Gasteiger charge is 2.44. The van der Waals surface area contributed by atoms with Gasteiger partial charge in [-0.2, -0.15) is 0 Å². The largest absolute Gasteiger partial charge is 0.392 e. The minimum absolute atomic E-state index is 0.00529. The molecule has 1 N–H and O–H groups in total. The summed E-state index contributed by atoms with van der Waals surface area (Å²) in [5.74, 6) is -0.570. The number of hydrogen-bond acceptors (Lipinski definition) is 3. The third kappa shape index (κ3) is 3.64. The van der Waals surface area contributed by atoms with Crippen LogP contribution in [0, 0.1) is 18.7 Å². The summed E-state index contributed by atoms with van der Waals surface area (Å²) in [6.45, 7) is 3.68. The van der Waals surface area contributed by atoms with Crippen LogP contribution in [0.5, 0.6) is 0 Å². The van der Waals surface area contributed by atoms with Crippen LogP contribution in [0.15, 0.2) is 42.5 Å². The van der Waals surface area contributed by atoms with Crippen LogP contribution in [0.4, 0.5) is 4.39 Å². The summed E-state index contributed by atoms with van der Waals surface area (Å²) < 4.78 is 13.8. The van der Waals surface area contributed by atoms with Crippen molar-refractivity contribution in [3.8, 4) is 11.1 Å². The van der Waals surface area contributed by atoms with E-state index >= 15 is 0 Å². The van der Waals surface area contributed by atoms with E-state index in [9.17, 15) is 19.1 Å². The van der Waals surface area contributed by atoms with E-state index < -0.39 is 6.10 Å². The SMILES string of the molecule is Cc1ccc(-c2ccc(C(=O)N3CCN(C(=O)C4CC4O)CC3)cc2)cc1F. The molecular weight excluding hydrogens is 359 g/mol. The zero-order valence-corrected chi connectivity index (χ0v) is 15.8. The van der Waals surface area contributed by atoms with Crippen LogP contribution in [0.3, 0.4) is 0 Å². The lowest BCUT2D eigenvalue weighted by molar-refractivity contribution is -0.134. The molecule has 1 aliphatic carbocycles. The Morgan fingerprint density at radius 2 is 1.54 bits per heavy atom. The number of carbonyl (C=O) groups is 2. The Balaban J connectivity index is 1.38. The molecule has 1 heterocycles. The third-order valence-electron chi connectivity index (χ3n) is 5.59. The molecule has 6 heteroatoms. The van der Waals surface area contributed by atoms with Gasteiger partial charge in [-0.15, -0.1) is 0 Å². The molecule has 2 aromatic carbocycles. The van der Waals surface area contributed by atoms with Crippen LogP contribution in [0.1, 0.15) is 22.3 Å². The fourth-order valence-corrected chi connectivity index (χ4v) is 3.57. The van der Waals surface area contributed by atoms with Crippen molar-refractivity contribution in [1.82, 2.24) is 9.80 Å². The topological polar surface area (TPSA) is 60.9 Å². The predicted octanol–water partition coefficient (Wildman–Crippen LogP) is 2.47. The highest BCUT2D eigenvalue weighted by atomic mass is 19.1. The maximum absolute atomic E-state index is 13.8. The number of halogens is 1. The van der Waals surface area contributed by atoms with Gasteiger partial charge >= 0.3 is 0 Å². The van der Waals surface area contributed by atoms with Gasteiger partial charge in [0.2, 0.25) is 5.91 Å². The monoisotopic (exact) mass is 382 g/mol. The molecule has 2 atom stereocenters. The van der Waals surface area contributed by atoms with Crippen LogP contribution in [0.25, 0.3) is 11.1 Å². The van der Waals surface area contributed by atoms with E-state index in [1.807, 2.05) is 18.2 Å². The average molecular weight is 382 g/mol.